The van der Waals surface area contributed by atoms with Gasteiger partial charge in [-0.15, -0.1) is 4.40 Å². The Kier molecular flexibility index (Phi) is 7.31. The summed E-state index contributed by atoms with van der Waals surface area (Å²) in [5.41, 5.74) is 0.762. The van der Waals surface area contributed by atoms with Crippen LogP contribution in [0.3, 0.4) is 0 Å². The average Bonchev–Trinajstić information content (AvgIpc) is 3.49. The number of carbonyl (C=O) groups excluding carboxylic acids is 2. The normalized spacial score (nSPS) is 24.4. The van der Waals surface area contributed by atoms with Gasteiger partial charge in [-0.05, 0) is 48.7 Å². The van der Waals surface area contributed by atoms with Crippen LogP contribution >= 0.6 is 0 Å². The molecule has 2 fully saturated rings. The van der Waals surface area contributed by atoms with Crippen molar-refractivity contribution in [3.05, 3.63) is 53.8 Å². The highest BCUT2D eigenvalue weighted by Gasteiger charge is 2.56. The third-order valence-corrected chi connectivity index (χ3v) is 9.01. The molecule has 4 unspecified atom stereocenters. The number of halogens is 1. The molecule has 2 bridgehead atoms. The minimum atomic E-state index is -4.28. The monoisotopic (exact) mass is 594 g/mol. The molecule has 3 aliphatic rings. The maximum Gasteiger partial charge on any atom is 0.313 e. The summed E-state index contributed by atoms with van der Waals surface area (Å²) in [6.07, 6.45) is 0.901. The van der Waals surface area contributed by atoms with E-state index in [0.29, 0.717) is 18.4 Å². The molecule has 1 amide bonds. The Morgan fingerprint density at radius 3 is 2.55 bits per heavy atom. The number of hydrogen-bond donors (Lipinski definition) is 2. The first-order chi connectivity index (χ1) is 18.8. The van der Waals surface area contributed by atoms with Crippen LogP contribution in [0.5, 0.6) is 0 Å². The van der Waals surface area contributed by atoms with E-state index in [1.165, 1.54) is 48.4 Å². The molecule has 2 saturated heterocycles. The number of esters is 1. The fourth-order valence-electron chi connectivity index (χ4n) is 5.43. The fraction of sp³-hybridized carbons (Fsp3) is 0.400. The Balaban J connectivity index is 1.44. The van der Waals surface area contributed by atoms with Crippen molar-refractivity contribution in [2.45, 2.75) is 49.0 Å². The van der Waals surface area contributed by atoms with E-state index in [-0.39, 0.29) is 28.7 Å². The summed E-state index contributed by atoms with van der Waals surface area (Å²) in [6.45, 7) is 0.0149. The Bertz CT molecular complexity index is 1590. The van der Waals surface area contributed by atoms with Crippen molar-refractivity contribution in [3.8, 4) is 0 Å². The molecule has 214 valence electrons. The summed E-state index contributed by atoms with van der Waals surface area (Å²) in [4.78, 5) is 27.7. The van der Waals surface area contributed by atoms with Crippen LogP contribution in [0.25, 0.3) is 0 Å². The molecular weight excluding hydrogens is 567 g/mol. The Morgan fingerprint density at radius 2 is 1.88 bits per heavy atom. The van der Waals surface area contributed by atoms with Gasteiger partial charge in [0.25, 0.3) is 10.0 Å². The molecule has 4 atom stereocenters. The number of carbonyl (C=O) groups is 2. The first kappa shape index (κ1) is 28.0. The highest BCUT2D eigenvalue weighted by Crippen LogP contribution is 2.43. The van der Waals surface area contributed by atoms with Gasteiger partial charge in [0.2, 0.25) is 15.9 Å². The third kappa shape index (κ3) is 5.67. The maximum absolute atomic E-state index is 13.8. The number of methoxy groups -OCH3 is 1. The molecule has 0 saturated carbocycles. The zero-order valence-corrected chi connectivity index (χ0v) is 23.2. The molecule has 0 aromatic heterocycles. The predicted octanol–water partition coefficient (Wildman–Crippen LogP) is 1.85. The van der Waals surface area contributed by atoms with Crippen molar-refractivity contribution < 1.29 is 40.3 Å². The van der Waals surface area contributed by atoms with Crippen molar-refractivity contribution in [2.24, 2.45) is 10.3 Å². The first-order valence-electron chi connectivity index (χ1n) is 12.3. The molecule has 0 spiro atoms. The summed E-state index contributed by atoms with van der Waals surface area (Å²) < 4.78 is 79.6. The van der Waals surface area contributed by atoms with Gasteiger partial charge in [0, 0.05) is 12.2 Å². The van der Waals surface area contributed by atoms with E-state index >= 15 is 0 Å². The fourth-order valence-corrected chi connectivity index (χ4v) is 7.16. The summed E-state index contributed by atoms with van der Waals surface area (Å²) in [5.74, 6) is -2.38. The topological polar surface area (TPSA) is 161 Å². The van der Waals surface area contributed by atoms with E-state index in [0.717, 1.165) is 12.3 Å². The molecule has 0 aliphatic carbocycles. The van der Waals surface area contributed by atoms with Gasteiger partial charge in [-0.2, -0.15) is 8.42 Å². The standard InChI is InChI=1S/C25H27FN4O8S2/c1-37-25(32)23-18-9-10-19(38-18)24(23)30(13-14-3-5-15(26)6-4-14)22(31)12-21-27-17-8-7-16(28-39(2,33)34)11-20(17)40(35,36)29-21/h3-8,11,18-19,23-24,28H,9-10,12-13H2,1-2H3,(H,27,29). The minimum absolute atomic E-state index is 0.0149. The lowest BCUT2D eigenvalue weighted by Gasteiger charge is -2.37. The molecule has 0 radical (unpaired) electrons. The number of fused-ring (bicyclic) bond motifs is 3. The maximum atomic E-state index is 13.8. The van der Waals surface area contributed by atoms with Crippen LogP contribution in [0.2, 0.25) is 0 Å². The minimum Gasteiger partial charge on any atom is -0.469 e. The van der Waals surface area contributed by atoms with Gasteiger partial charge in [0.05, 0.1) is 43.7 Å². The molecule has 5 rings (SSSR count). The largest absolute Gasteiger partial charge is 0.469 e. The number of nitrogens with one attached hydrogen (secondary N) is 2. The molecular formula is C25H27FN4O8S2. The van der Waals surface area contributed by atoms with Crippen molar-refractivity contribution in [2.75, 3.05) is 23.4 Å². The molecule has 40 heavy (non-hydrogen) atoms. The van der Waals surface area contributed by atoms with E-state index in [9.17, 15) is 30.8 Å². The molecule has 2 aromatic rings. The van der Waals surface area contributed by atoms with Crippen molar-refractivity contribution in [3.63, 3.8) is 0 Å². The van der Waals surface area contributed by atoms with Crippen molar-refractivity contribution in [1.82, 2.24) is 4.90 Å². The van der Waals surface area contributed by atoms with Crippen LogP contribution in [0.1, 0.15) is 24.8 Å². The van der Waals surface area contributed by atoms with Gasteiger partial charge >= 0.3 is 5.97 Å². The van der Waals surface area contributed by atoms with Gasteiger partial charge in [0.1, 0.15) is 22.5 Å². The second-order valence-corrected chi connectivity index (χ2v) is 13.2. The van der Waals surface area contributed by atoms with E-state index < -0.39 is 68.3 Å². The van der Waals surface area contributed by atoms with Crippen LogP contribution in [0.15, 0.2) is 51.8 Å². The van der Waals surface area contributed by atoms with E-state index in [1.807, 2.05) is 0 Å². The Hall–Kier alpha value is -3.56. The van der Waals surface area contributed by atoms with Gasteiger partial charge in [-0.25, -0.2) is 12.8 Å². The quantitative estimate of drug-likeness (QED) is 0.435. The summed E-state index contributed by atoms with van der Waals surface area (Å²) in [5, 5.41) is 2.84. The summed E-state index contributed by atoms with van der Waals surface area (Å²) in [7, 11) is -6.66. The molecule has 2 N–H and O–H groups in total. The van der Waals surface area contributed by atoms with E-state index in [1.54, 1.807) is 0 Å². The lowest BCUT2D eigenvalue weighted by Crippen LogP contribution is -2.52. The average molecular weight is 595 g/mol. The zero-order chi connectivity index (χ0) is 28.8. The third-order valence-electron chi connectivity index (χ3n) is 7.05. The van der Waals surface area contributed by atoms with Gasteiger partial charge in [-0.1, -0.05) is 12.1 Å². The van der Waals surface area contributed by atoms with Crippen LogP contribution < -0.4 is 10.0 Å². The number of nitrogens with zero attached hydrogens (tertiary/aromatic N) is 2. The van der Waals surface area contributed by atoms with Crippen LogP contribution in [-0.4, -0.2) is 71.1 Å². The predicted molar refractivity (Wildman–Crippen MR) is 142 cm³/mol. The van der Waals surface area contributed by atoms with Crippen molar-refractivity contribution in [1.29, 1.82) is 0 Å². The summed E-state index contributed by atoms with van der Waals surface area (Å²) in [6, 6.07) is 8.77. The number of anilines is 2. The second-order valence-electron chi connectivity index (χ2n) is 9.88. The SMILES string of the molecule is COC(=O)C1C2CCC(O2)C1N(Cc1ccc(F)cc1)C(=O)CC1=NS(=O)(=O)c2cc(NS(C)(=O)=O)ccc2N1. The first-order valence-corrected chi connectivity index (χ1v) is 15.7. The highest BCUT2D eigenvalue weighted by molar-refractivity contribution is 7.92. The van der Waals surface area contributed by atoms with Gasteiger partial charge in [-0.3, -0.25) is 14.3 Å². The van der Waals surface area contributed by atoms with Crippen LogP contribution in [0.4, 0.5) is 15.8 Å². The number of ether oxygens (including phenoxy) is 2. The number of benzene rings is 2. The Labute approximate surface area is 230 Å². The second kappa shape index (κ2) is 10.4. The van der Waals surface area contributed by atoms with Gasteiger partial charge in [0.15, 0.2) is 0 Å². The van der Waals surface area contributed by atoms with E-state index in [4.69, 9.17) is 9.47 Å². The number of sulfonamides is 2. The highest BCUT2D eigenvalue weighted by atomic mass is 32.2. The molecule has 3 heterocycles. The molecule has 2 aromatic carbocycles. The van der Waals surface area contributed by atoms with E-state index in [2.05, 4.69) is 14.4 Å². The zero-order valence-electron chi connectivity index (χ0n) is 21.5. The number of amidine groups is 1. The van der Waals surface area contributed by atoms with Gasteiger partial charge < -0.3 is 19.7 Å². The number of amides is 1. The number of rotatable bonds is 8. The number of hydrogen-bond acceptors (Lipinski definition) is 9. The van der Waals surface area contributed by atoms with Crippen LogP contribution in [0, 0.1) is 11.7 Å². The lowest BCUT2D eigenvalue weighted by atomic mass is 9.83. The molecule has 15 heteroatoms. The lowest BCUT2D eigenvalue weighted by molar-refractivity contribution is -0.150. The van der Waals surface area contributed by atoms with Crippen molar-refractivity contribution >= 4 is 49.1 Å². The Morgan fingerprint density at radius 1 is 1.18 bits per heavy atom. The molecule has 12 nitrogen and oxygen atoms in total. The smallest absolute Gasteiger partial charge is 0.313 e. The molecule has 3 aliphatic heterocycles. The van der Waals surface area contributed by atoms with Crippen LogP contribution in [-0.2, 0) is 45.7 Å². The summed E-state index contributed by atoms with van der Waals surface area (Å²) >= 11 is 0.